The molecule has 2 heterocycles. The van der Waals surface area contributed by atoms with Crippen molar-refractivity contribution in [3.8, 4) is 0 Å². The molecule has 0 aliphatic carbocycles. The number of piperazine rings is 1. The van der Waals surface area contributed by atoms with Crippen LogP contribution >= 0.6 is 11.6 Å². The third kappa shape index (κ3) is 3.47. The number of halogens is 1. The van der Waals surface area contributed by atoms with Crippen molar-refractivity contribution in [2.24, 2.45) is 0 Å². The predicted octanol–water partition coefficient (Wildman–Crippen LogP) is 4.52. The maximum Gasteiger partial charge on any atom is 0.181 e. The fourth-order valence-electron chi connectivity index (χ4n) is 3.94. The van der Waals surface area contributed by atoms with Gasteiger partial charge in [-0.25, -0.2) is 0 Å². The Morgan fingerprint density at radius 2 is 1.85 bits per heavy atom. The molecule has 1 N–H and O–H groups in total. The lowest BCUT2D eigenvalue weighted by Gasteiger charge is -2.39. The number of H-pyrrole nitrogens is 1. The Bertz CT molecular complexity index is 973. The second-order valence-corrected chi connectivity index (χ2v) is 7.68. The number of nitrogens with zero attached hydrogens (tertiary/aromatic N) is 2. The van der Waals surface area contributed by atoms with E-state index in [-0.39, 0.29) is 11.8 Å². The largest absolute Gasteiger partial charge is 0.369 e. The van der Waals surface area contributed by atoms with Gasteiger partial charge in [0.1, 0.15) is 0 Å². The summed E-state index contributed by atoms with van der Waals surface area (Å²) in [6.07, 6.45) is 1.84. The topological polar surface area (TPSA) is 39.3 Å². The number of hydrogen-bond acceptors (Lipinski definition) is 3. The van der Waals surface area contributed by atoms with Gasteiger partial charge in [-0.15, -0.1) is 0 Å². The minimum atomic E-state index is -0.133. The monoisotopic (exact) mass is 381 g/mol. The Morgan fingerprint density at radius 1 is 1.11 bits per heavy atom. The van der Waals surface area contributed by atoms with Gasteiger partial charge in [0.15, 0.2) is 5.78 Å². The van der Waals surface area contributed by atoms with Gasteiger partial charge in [-0.3, -0.25) is 9.69 Å². The zero-order chi connectivity index (χ0) is 19.0. The molecule has 1 unspecified atom stereocenters. The Balaban J connectivity index is 1.46. The first-order valence-corrected chi connectivity index (χ1v) is 9.78. The third-order valence-corrected chi connectivity index (χ3v) is 5.84. The first kappa shape index (κ1) is 18.1. The van der Waals surface area contributed by atoms with Gasteiger partial charge in [0, 0.05) is 59.6 Å². The molecule has 1 aliphatic heterocycles. The number of benzene rings is 2. The van der Waals surface area contributed by atoms with Gasteiger partial charge in [0.05, 0.1) is 6.04 Å². The summed E-state index contributed by atoms with van der Waals surface area (Å²) in [7, 11) is 0. The Kier molecular flexibility index (Phi) is 4.94. The highest BCUT2D eigenvalue weighted by molar-refractivity contribution is 6.30. The molecule has 4 nitrogen and oxygen atoms in total. The SMILES string of the molecule is Cc1ccc(Cl)cc1N1CCN(C(C)C(=O)c2c[nH]c3ccccc23)CC1. The molecular weight excluding hydrogens is 358 g/mol. The molecule has 3 aromatic rings. The van der Waals surface area contributed by atoms with Crippen molar-refractivity contribution in [2.75, 3.05) is 31.1 Å². The van der Waals surface area contributed by atoms with Crippen LogP contribution in [0.2, 0.25) is 5.02 Å². The summed E-state index contributed by atoms with van der Waals surface area (Å²) in [4.78, 5) is 20.9. The number of aryl methyl sites for hydroxylation is 1. The summed E-state index contributed by atoms with van der Waals surface area (Å²) in [5.74, 6) is 0.180. The maximum absolute atomic E-state index is 13.1. The Morgan fingerprint density at radius 3 is 2.63 bits per heavy atom. The molecule has 0 amide bonds. The number of hydrogen-bond donors (Lipinski definition) is 1. The molecule has 4 rings (SSSR count). The number of aromatic nitrogens is 1. The standard InChI is InChI=1S/C22H24ClN3O/c1-15-7-8-17(23)13-21(15)26-11-9-25(10-12-26)16(2)22(27)19-14-24-20-6-4-3-5-18(19)20/h3-8,13-14,16,24H,9-12H2,1-2H3. The molecule has 0 spiro atoms. The third-order valence-electron chi connectivity index (χ3n) is 5.61. The van der Waals surface area contributed by atoms with Crippen LogP contribution in [-0.2, 0) is 0 Å². The second-order valence-electron chi connectivity index (χ2n) is 7.24. The predicted molar refractivity (Wildman–Crippen MR) is 112 cm³/mol. The van der Waals surface area contributed by atoms with Crippen molar-refractivity contribution in [1.29, 1.82) is 0 Å². The lowest BCUT2D eigenvalue weighted by molar-refractivity contribution is 0.0831. The van der Waals surface area contributed by atoms with Crippen LogP contribution in [0.3, 0.4) is 0 Å². The van der Waals surface area contributed by atoms with E-state index in [1.54, 1.807) is 0 Å². The van der Waals surface area contributed by atoms with Crippen LogP contribution in [-0.4, -0.2) is 47.9 Å². The highest BCUT2D eigenvalue weighted by Gasteiger charge is 2.28. The van der Waals surface area contributed by atoms with E-state index in [1.165, 1.54) is 11.3 Å². The lowest BCUT2D eigenvalue weighted by atomic mass is 10.0. The van der Waals surface area contributed by atoms with Crippen molar-refractivity contribution in [3.63, 3.8) is 0 Å². The second kappa shape index (κ2) is 7.37. The fourth-order valence-corrected chi connectivity index (χ4v) is 4.11. The maximum atomic E-state index is 13.1. The number of carbonyl (C=O) groups excluding carboxylic acids is 1. The highest BCUT2D eigenvalue weighted by atomic mass is 35.5. The van der Waals surface area contributed by atoms with Gasteiger partial charge in [0.25, 0.3) is 0 Å². The molecule has 5 heteroatoms. The molecule has 27 heavy (non-hydrogen) atoms. The van der Waals surface area contributed by atoms with E-state index in [1.807, 2.05) is 49.5 Å². The normalized spacial score (nSPS) is 16.6. The first-order chi connectivity index (χ1) is 13.0. The van der Waals surface area contributed by atoms with Crippen molar-refractivity contribution in [2.45, 2.75) is 19.9 Å². The molecule has 0 saturated carbocycles. The van der Waals surface area contributed by atoms with Gasteiger partial charge in [-0.1, -0.05) is 35.9 Å². The average Bonchev–Trinajstić information content (AvgIpc) is 3.13. The van der Waals surface area contributed by atoms with E-state index < -0.39 is 0 Å². The van der Waals surface area contributed by atoms with Crippen LogP contribution in [0.5, 0.6) is 0 Å². The molecule has 1 aliphatic rings. The number of aromatic amines is 1. The van der Waals surface area contributed by atoms with Crippen LogP contribution < -0.4 is 4.90 Å². The Labute approximate surface area is 164 Å². The van der Waals surface area contributed by atoms with E-state index in [9.17, 15) is 4.79 Å². The summed E-state index contributed by atoms with van der Waals surface area (Å²) in [6, 6.07) is 13.9. The van der Waals surface area contributed by atoms with E-state index in [4.69, 9.17) is 11.6 Å². The molecule has 1 fully saturated rings. The zero-order valence-electron chi connectivity index (χ0n) is 15.7. The number of carbonyl (C=O) groups is 1. The van der Waals surface area contributed by atoms with Crippen LogP contribution in [0.25, 0.3) is 10.9 Å². The number of fused-ring (bicyclic) bond motifs is 1. The number of rotatable bonds is 4. The quantitative estimate of drug-likeness (QED) is 0.675. The van der Waals surface area contributed by atoms with Gasteiger partial charge in [0.2, 0.25) is 0 Å². The average molecular weight is 382 g/mol. The van der Waals surface area contributed by atoms with E-state index in [0.29, 0.717) is 0 Å². The molecule has 0 bridgehead atoms. The lowest BCUT2D eigenvalue weighted by Crippen LogP contribution is -2.51. The van der Waals surface area contributed by atoms with E-state index in [2.05, 4.69) is 27.8 Å². The molecule has 1 aromatic heterocycles. The van der Waals surface area contributed by atoms with Gasteiger partial charge >= 0.3 is 0 Å². The summed E-state index contributed by atoms with van der Waals surface area (Å²) >= 11 is 6.18. The number of para-hydroxylation sites is 1. The van der Waals surface area contributed by atoms with E-state index in [0.717, 1.165) is 47.7 Å². The minimum absolute atomic E-state index is 0.133. The first-order valence-electron chi connectivity index (χ1n) is 9.40. The van der Waals surface area contributed by atoms with Crippen LogP contribution in [0.15, 0.2) is 48.7 Å². The molecule has 140 valence electrons. The Hall–Kier alpha value is -2.30. The van der Waals surface area contributed by atoms with Gasteiger partial charge < -0.3 is 9.88 Å². The van der Waals surface area contributed by atoms with Crippen LogP contribution in [0, 0.1) is 6.92 Å². The number of nitrogens with one attached hydrogen (secondary N) is 1. The van der Waals surface area contributed by atoms with Crippen molar-refractivity contribution in [3.05, 3.63) is 64.8 Å². The summed E-state index contributed by atoms with van der Waals surface area (Å²) in [6.45, 7) is 7.65. The molecule has 1 saturated heterocycles. The summed E-state index contributed by atoms with van der Waals surface area (Å²) in [5.41, 5.74) is 4.22. The highest BCUT2D eigenvalue weighted by Crippen LogP contribution is 2.26. The van der Waals surface area contributed by atoms with Crippen molar-refractivity contribution < 1.29 is 4.79 Å². The molecule has 2 aromatic carbocycles. The number of ketones is 1. The van der Waals surface area contributed by atoms with Crippen LogP contribution in [0.1, 0.15) is 22.8 Å². The van der Waals surface area contributed by atoms with Crippen molar-refractivity contribution >= 4 is 34.0 Å². The zero-order valence-corrected chi connectivity index (χ0v) is 16.5. The molecule has 0 radical (unpaired) electrons. The van der Waals surface area contributed by atoms with Crippen molar-refractivity contribution in [1.82, 2.24) is 9.88 Å². The van der Waals surface area contributed by atoms with Gasteiger partial charge in [-0.05, 0) is 37.6 Å². The fraction of sp³-hybridized carbons (Fsp3) is 0.318. The molecular formula is C22H24ClN3O. The number of anilines is 1. The van der Waals surface area contributed by atoms with Crippen LogP contribution in [0.4, 0.5) is 5.69 Å². The smallest absolute Gasteiger partial charge is 0.181 e. The minimum Gasteiger partial charge on any atom is -0.369 e. The summed E-state index contributed by atoms with van der Waals surface area (Å²) in [5, 5.41) is 1.77. The van der Waals surface area contributed by atoms with Gasteiger partial charge in [-0.2, -0.15) is 0 Å². The number of Topliss-reactive ketones (excluding diaryl/α,β-unsaturated/α-hetero) is 1. The molecule has 1 atom stereocenters. The van der Waals surface area contributed by atoms with E-state index >= 15 is 0 Å². The summed E-state index contributed by atoms with van der Waals surface area (Å²) < 4.78 is 0.